The molecule has 10 nitrogen and oxygen atoms in total. The third-order valence-corrected chi connectivity index (χ3v) is 5.79. The van der Waals surface area contributed by atoms with E-state index in [1.165, 1.54) is 4.57 Å². The Kier molecular flexibility index (Phi) is 6.80. The molecular weight excluding hydrogens is 448 g/mol. The van der Waals surface area contributed by atoms with Gasteiger partial charge in [-0.3, -0.25) is 19.5 Å². The first-order valence-corrected chi connectivity index (χ1v) is 11.1. The number of hydrogen-bond acceptors (Lipinski definition) is 8. The van der Waals surface area contributed by atoms with Crippen LogP contribution < -0.4 is 25.7 Å². The number of anilines is 1. The van der Waals surface area contributed by atoms with Gasteiger partial charge in [0.2, 0.25) is 12.7 Å². The molecule has 33 heavy (non-hydrogen) atoms. The number of imide groups is 1. The van der Waals surface area contributed by atoms with Crippen LogP contribution in [0.15, 0.2) is 52.4 Å². The van der Waals surface area contributed by atoms with Crippen LogP contribution in [0.5, 0.6) is 11.5 Å². The second kappa shape index (κ2) is 9.92. The van der Waals surface area contributed by atoms with Crippen molar-refractivity contribution in [1.82, 2.24) is 14.9 Å². The summed E-state index contributed by atoms with van der Waals surface area (Å²) in [6.45, 7) is 2.26. The minimum Gasteiger partial charge on any atom is -0.454 e. The lowest BCUT2D eigenvalue weighted by Gasteiger charge is -2.18. The van der Waals surface area contributed by atoms with Gasteiger partial charge in [-0.05, 0) is 31.2 Å². The zero-order chi connectivity index (χ0) is 23.4. The monoisotopic (exact) mass is 470 g/mol. The van der Waals surface area contributed by atoms with Crippen molar-refractivity contribution in [3.63, 3.8) is 0 Å². The van der Waals surface area contributed by atoms with Crippen molar-refractivity contribution in [2.45, 2.75) is 18.1 Å². The fourth-order valence-corrected chi connectivity index (χ4v) is 4.26. The zero-order valence-corrected chi connectivity index (χ0v) is 18.8. The Morgan fingerprint density at radius 1 is 1.21 bits per heavy atom. The van der Waals surface area contributed by atoms with Gasteiger partial charge in [0, 0.05) is 18.9 Å². The number of amides is 3. The molecule has 3 amide bonds. The number of carbonyl (C=O) groups excluding carboxylic acids is 2. The van der Waals surface area contributed by atoms with E-state index in [0.29, 0.717) is 39.9 Å². The standard InChI is InChI=1S/C22H22N4O6S/c1-13(10-30-2)26-20(28)15-5-3-4-6-16(15)24-22(26)33-11-19(27)25-21(29)23-14-7-8-17-18(9-14)32-12-31-17/h3-9,13H,10-12H2,1-2H3,(H2,23,25,27,29)/t13-/m0/s1. The molecule has 2 N–H and O–H groups in total. The van der Waals surface area contributed by atoms with Crippen LogP contribution in [0.3, 0.4) is 0 Å². The number of fused-ring (bicyclic) bond motifs is 2. The quantitative estimate of drug-likeness (QED) is 0.399. The topological polar surface area (TPSA) is 121 Å². The van der Waals surface area contributed by atoms with Gasteiger partial charge in [0.05, 0.1) is 29.3 Å². The minimum atomic E-state index is -0.684. The molecule has 0 unspecified atom stereocenters. The molecule has 1 atom stereocenters. The number of nitrogens with one attached hydrogen (secondary N) is 2. The molecule has 1 aliphatic rings. The van der Waals surface area contributed by atoms with Crippen LogP contribution in [0.25, 0.3) is 10.9 Å². The Morgan fingerprint density at radius 2 is 2.00 bits per heavy atom. The maximum atomic E-state index is 13.0. The van der Waals surface area contributed by atoms with Crippen molar-refractivity contribution < 1.29 is 23.8 Å². The molecule has 2 heterocycles. The van der Waals surface area contributed by atoms with Crippen molar-refractivity contribution in [2.24, 2.45) is 0 Å². The number of aromatic nitrogens is 2. The lowest BCUT2D eigenvalue weighted by molar-refractivity contribution is -0.117. The highest BCUT2D eigenvalue weighted by molar-refractivity contribution is 7.99. The Bertz CT molecular complexity index is 1260. The first kappa shape index (κ1) is 22.6. The van der Waals surface area contributed by atoms with E-state index in [9.17, 15) is 14.4 Å². The smallest absolute Gasteiger partial charge is 0.325 e. The molecule has 1 aliphatic heterocycles. The van der Waals surface area contributed by atoms with E-state index >= 15 is 0 Å². The molecule has 4 rings (SSSR count). The summed E-state index contributed by atoms with van der Waals surface area (Å²) in [5.41, 5.74) is 0.774. The van der Waals surface area contributed by atoms with Crippen molar-refractivity contribution in [3.05, 3.63) is 52.8 Å². The second-order valence-electron chi connectivity index (χ2n) is 7.25. The summed E-state index contributed by atoms with van der Waals surface area (Å²) >= 11 is 1.07. The van der Waals surface area contributed by atoms with E-state index in [4.69, 9.17) is 14.2 Å². The first-order chi connectivity index (χ1) is 16.0. The van der Waals surface area contributed by atoms with Gasteiger partial charge < -0.3 is 19.5 Å². The summed E-state index contributed by atoms with van der Waals surface area (Å²) in [5.74, 6) is 0.454. The number of urea groups is 1. The van der Waals surface area contributed by atoms with Crippen LogP contribution in [0.2, 0.25) is 0 Å². The maximum Gasteiger partial charge on any atom is 0.325 e. The molecule has 1 aromatic heterocycles. The summed E-state index contributed by atoms with van der Waals surface area (Å²) in [6, 6.07) is 11.0. The maximum absolute atomic E-state index is 13.0. The van der Waals surface area contributed by atoms with Gasteiger partial charge in [-0.15, -0.1) is 0 Å². The van der Waals surface area contributed by atoms with Gasteiger partial charge >= 0.3 is 6.03 Å². The SMILES string of the molecule is COC[C@H](C)n1c(SCC(=O)NC(=O)Nc2ccc3c(c2)OCO3)nc2ccccc2c1=O. The summed E-state index contributed by atoms with van der Waals surface area (Å²) in [4.78, 5) is 42.2. The minimum absolute atomic E-state index is 0.112. The summed E-state index contributed by atoms with van der Waals surface area (Å²) in [5, 5.41) is 5.70. The molecule has 172 valence electrons. The lowest BCUT2D eigenvalue weighted by Crippen LogP contribution is -2.36. The van der Waals surface area contributed by atoms with E-state index in [-0.39, 0.29) is 24.1 Å². The molecule has 0 bridgehead atoms. The molecule has 11 heteroatoms. The molecule has 0 spiro atoms. The van der Waals surface area contributed by atoms with Crippen LogP contribution >= 0.6 is 11.8 Å². The number of rotatable bonds is 7. The van der Waals surface area contributed by atoms with E-state index in [1.54, 1.807) is 49.6 Å². The van der Waals surface area contributed by atoms with Gasteiger partial charge in [0.15, 0.2) is 16.7 Å². The molecular formula is C22H22N4O6S. The molecule has 0 radical (unpaired) electrons. The lowest BCUT2D eigenvalue weighted by atomic mass is 10.2. The van der Waals surface area contributed by atoms with Crippen molar-refractivity contribution in [1.29, 1.82) is 0 Å². The molecule has 0 saturated carbocycles. The molecule has 2 aromatic carbocycles. The van der Waals surface area contributed by atoms with E-state index in [0.717, 1.165) is 11.8 Å². The van der Waals surface area contributed by atoms with Crippen molar-refractivity contribution in [2.75, 3.05) is 31.6 Å². The highest BCUT2D eigenvalue weighted by Gasteiger charge is 2.19. The highest BCUT2D eigenvalue weighted by Crippen LogP contribution is 2.34. The van der Waals surface area contributed by atoms with Crippen LogP contribution in [0.1, 0.15) is 13.0 Å². The Morgan fingerprint density at radius 3 is 2.82 bits per heavy atom. The van der Waals surface area contributed by atoms with Crippen LogP contribution in [0, 0.1) is 0 Å². The van der Waals surface area contributed by atoms with Gasteiger partial charge in [0.1, 0.15) is 0 Å². The summed E-state index contributed by atoms with van der Waals surface area (Å²) < 4.78 is 17.2. The third-order valence-electron chi connectivity index (χ3n) is 4.84. The largest absolute Gasteiger partial charge is 0.454 e. The Balaban J connectivity index is 1.44. The predicted molar refractivity (Wildman–Crippen MR) is 123 cm³/mol. The van der Waals surface area contributed by atoms with Gasteiger partial charge in [-0.2, -0.15) is 0 Å². The fraction of sp³-hybridized carbons (Fsp3) is 0.273. The number of para-hydroxylation sites is 1. The average Bonchev–Trinajstić information content (AvgIpc) is 3.25. The fourth-order valence-electron chi connectivity index (χ4n) is 3.36. The van der Waals surface area contributed by atoms with Crippen molar-refractivity contribution >= 4 is 40.3 Å². The number of hydrogen-bond donors (Lipinski definition) is 2. The van der Waals surface area contributed by atoms with E-state index < -0.39 is 11.9 Å². The number of thioether (sulfide) groups is 1. The first-order valence-electron chi connectivity index (χ1n) is 10.1. The van der Waals surface area contributed by atoms with Gasteiger partial charge in [0.25, 0.3) is 5.56 Å². The second-order valence-corrected chi connectivity index (χ2v) is 8.19. The molecule has 3 aromatic rings. The highest BCUT2D eigenvalue weighted by atomic mass is 32.2. The molecule has 0 fully saturated rings. The average molecular weight is 471 g/mol. The summed E-state index contributed by atoms with van der Waals surface area (Å²) in [6.07, 6.45) is 0. The van der Waals surface area contributed by atoms with Crippen LogP contribution in [-0.4, -0.2) is 47.8 Å². The van der Waals surface area contributed by atoms with Crippen molar-refractivity contribution in [3.8, 4) is 11.5 Å². The number of ether oxygens (including phenoxy) is 3. The Labute approximate surface area is 193 Å². The zero-order valence-electron chi connectivity index (χ0n) is 18.0. The van der Waals surface area contributed by atoms with E-state index in [2.05, 4.69) is 15.6 Å². The number of benzene rings is 2. The van der Waals surface area contributed by atoms with Crippen LogP contribution in [-0.2, 0) is 9.53 Å². The third kappa shape index (κ3) is 5.10. The normalized spacial score (nSPS) is 13.0. The molecule has 0 aliphatic carbocycles. The van der Waals surface area contributed by atoms with Gasteiger partial charge in [-0.25, -0.2) is 9.78 Å². The van der Waals surface area contributed by atoms with Crippen LogP contribution in [0.4, 0.5) is 10.5 Å². The number of nitrogens with zero attached hydrogens (tertiary/aromatic N) is 2. The van der Waals surface area contributed by atoms with Gasteiger partial charge in [-0.1, -0.05) is 23.9 Å². The Hall–Kier alpha value is -3.57. The van der Waals surface area contributed by atoms with E-state index in [1.807, 2.05) is 6.92 Å². The molecule has 0 saturated heterocycles. The summed E-state index contributed by atoms with van der Waals surface area (Å²) in [7, 11) is 1.55. The predicted octanol–water partition coefficient (Wildman–Crippen LogP) is 2.77. The number of carbonyl (C=O) groups is 2. The number of methoxy groups -OCH3 is 1.